The molecule has 0 radical (unpaired) electrons. The van der Waals surface area contributed by atoms with Gasteiger partial charge in [0.15, 0.2) is 5.76 Å². The van der Waals surface area contributed by atoms with E-state index in [0.29, 0.717) is 18.0 Å². The number of hydrogen-bond acceptors (Lipinski definition) is 5. The highest BCUT2D eigenvalue weighted by Gasteiger charge is 2.04. The fourth-order valence-corrected chi connectivity index (χ4v) is 0.977. The van der Waals surface area contributed by atoms with Crippen LogP contribution in [0.15, 0.2) is 29.3 Å². The maximum atomic E-state index is 5.38. The molecule has 5 heteroatoms. The predicted octanol–water partition coefficient (Wildman–Crippen LogP) is 0.590. The first-order chi connectivity index (χ1) is 6.40. The van der Waals surface area contributed by atoms with Gasteiger partial charge in [0.1, 0.15) is 12.0 Å². The van der Waals surface area contributed by atoms with E-state index in [9.17, 15) is 0 Å². The molecule has 13 heavy (non-hydrogen) atoms. The van der Waals surface area contributed by atoms with Gasteiger partial charge in [-0.2, -0.15) is 0 Å². The molecule has 0 aromatic carbocycles. The van der Waals surface area contributed by atoms with Crippen molar-refractivity contribution >= 4 is 0 Å². The number of nitrogens with two attached hydrogens (primary N) is 1. The molecule has 0 fully saturated rings. The van der Waals surface area contributed by atoms with Gasteiger partial charge in [-0.3, -0.25) is 0 Å². The van der Waals surface area contributed by atoms with Crippen molar-refractivity contribution in [2.45, 2.75) is 6.54 Å². The summed E-state index contributed by atoms with van der Waals surface area (Å²) in [7, 11) is 0. The molecule has 0 bridgehead atoms. The van der Waals surface area contributed by atoms with Crippen LogP contribution in [-0.2, 0) is 6.54 Å². The summed E-state index contributed by atoms with van der Waals surface area (Å²) in [6, 6.07) is 1.78. The van der Waals surface area contributed by atoms with Crippen molar-refractivity contribution in [1.82, 2.24) is 15.1 Å². The standard InChI is InChI=1S/C8H8N4O/c9-2-7-1-8(12-13-7)6-3-10-5-11-4-6/h1,3-5H,2,9H2. The van der Waals surface area contributed by atoms with Gasteiger partial charge in [-0.25, -0.2) is 9.97 Å². The van der Waals surface area contributed by atoms with Crippen molar-refractivity contribution in [3.05, 3.63) is 30.5 Å². The zero-order valence-electron chi connectivity index (χ0n) is 6.84. The van der Waals surface area contributed by atoms with Crippen molar-refractivity contribution in [2.75, 3.05) is 0 Å². The Balaban J connectivity index is 2.36. The molecule has 0 aliphatic heterocycles. The summed E-state index contributed by atoms with van der Waals surface area (Å²) in [5.41, 5.74) is 6.91. The van der Waals surface area contributed by atoms with Gasteiger partial charge in [0.25, 0.3) is 0 Å². The molecule has 0 saturated heterocycles. The molecule has 0 saturated carbocycles. The van der Waals surface area contributed by atoms with E-state index in [1.807, 2.05) is 0 Å². The fourth-order valence-electron chi connectivity index (χ4n) is 0.977. The summed E-state index contributed by atoms with van der Waals surface area (Å²) in [5, 5.41) is 3.82. The Kier molecular flexibility index (Phi) is 2.01. The lowest BCUT2D eigenvalue weighted by Gasteiger charge is -1.89. The smallest absolute Gasteiger partial charge is 0.150 e. The van der Waals surface area contributed by atoms with E-state index in [2.05, 4.69) is 15.1 Å². The summed E-state index contributed by atoms with van der Waals surface area (Å²) in [4.78, 5) is 7.74. The molecular formula is C8H8N4O. The third kappa shape index (κ3) is 1.54. The normalized spacial score (nSPS) is 10.2. The Morgan fingerprint density at radius 2 is 2.08 bits per heavy atom. The lowest BCUT2D eigenvalue weighted by Crippen LogP contribution is -1.92. The van der Waals surface area contributed by atoms with E-state index >= 15 is 0 Å². The van der Waals surface area contributed by atoms with Crippen LogP contribution in [0.25, 0.3) is 11.3 Å². The highest BCUT2D eigenvalue weighted by Crippen LogP contribution is 2.15. The summed E-state index contributed by atoms with van der Waals surface area (Å²) in [6.45, 7) is 0.348. The van der Waals surface area contributed by atoms with E-state index in [1.54, 1.807) is 18.5 Å². The summed E-state index contributed by atoms with van der Waals surface area (Å²) in [6.07, 6.45) is 4.81. The van der Waals surface area contributed by atoms with Crippen LogP contribution in [0.3, 0.4) is 0 Å². The van der Waals surface area contributed by atoms with Crippen LogP contribution in [0.1, 0.15) is 5.76 Å². The molecule has 0 aliphatic carbocycles. The maximum absolute atomic E-state index is 5.38. The fraction of sp³-hybridized carbons (Fsp3) is 0.125. The Morgan fingerprint density at radius 1 is 1.31 bits per heavy atom. The number of aromatic nitrogens is 3. The molecule has 2 aromatic heterocycles. The largest absolute Gasteiger partial charge is 0.359 e. The van der Waals surface area contributed by atoms with Crippen LogP contribution in [0.5, 0.6) is 0 Å². The maximum Gasteiger partial charge on any atom is 0.150 e. The monoisotopic (exact) mass is 176 g/mol. The first-order valence-electron chi connectivity index (χ1n) is 3.81. The average Bonchev–Trinajstić information content (AvgIpc) is 2.67. The molecule has 0 amide bonds. The van der Waals surface area contributed by atoms with E-state index in [4.69, 9.17) is 10.3 Å². The van der Waals surface area contributed by atoms with Crippen molar-refractivity contribution in [3.63, 3.8) is 0 Å². The third-order valence-electron chi connectivity index (χ3n) is 1.62. The van der Waals surface area contributed by atoms with Gasteiger partial charge in [0, 0.05) is 24.0 Å². The average molecular weight is 176 g/mol. The van der Waals surface area contributed by atoms with E-state index in [1.165, 1.54) is 6.33 Å². The lowest BCUT2D eigenvalue weighted by molar-refractivity contribution is 0.387. The first-order valence-corrected chi connectivity index (χ1v) is 3.81. The number of rotatable bonds is 2. The topological polar surface area (TPSA) is 77.8 Å². The minimum absolute atomic E-state index is 0.348. The van der Waals surface area contributed by atoms with E-state index in [-0.39, 0.29) is 0 Å². The molecule has 5 nitrogen and oxygen atoms in total. The SMILES string of the molecule is NCc1cc(-c2cncnc2)no1. The minimum Gasteiger partial charge on any atom is -0.359 e. The lowest BCUT2D eigenvalue weighted by atomic mass is 10.2. The molecule has 2 heterocycles. The van der Waals surface area contributed by atoms with Gasteiger partial charge in [0.05, 0.1) is 6.54 Å². The quantitative estimate of drug-likeness (QED) is 0.724. The highest BCUT2D eigenvalue weighted by molar-refractivity contribution is 5.55. The molecule has 0 aliphatic rings. The second-order valence-corrected chi connectivity index (χ2v) is 2.51. The number of hydrogen-bond donors (Lipinski definition) is 1. The van der Waals surface area contributed by atoms with Crippen LogP contribution in [0, 0.1) is 0 Å². The molecule has 0 atom stereocenters. The number of nitrogens with zero attached hydrogens (tertiary/aromatic N) is 3. The zero-order valence-corrected chi connectivity index (χ0v) is 6.84. The van der Waals surface area contributed by atoms with Gasteiger partial charge >= 0.3 is 0 Å². The van der Waals surface area contributed by atoms with Crippen LogP contribution < -0.4 is 5.73 Å². The van der Waals surface area contributed by atoms with Gasteiger partial charge < -0.3 is 10.3 Å². The molecule has 0 spiro atoms. The first kappa shape index (κ1) is 7.88. The minimum atomic E-state index is 0.348. The highest BCUT2D eigenvalue weighted by atomic mass is 16.5. The Bertz CT molecular complexity index is 384. The van der Waals surface area contributed by atoms with Gasteiger partial charge in [-0.15, -0.1) is 0 Å². The zero-order chi connectivity index (χ0) is 9.10. The van der Waals surface area contributed by atoms with Crippen LogP contribution >= 0.6 is 0 Å². The van der Waals surface area contributed by atoms with Crippen molar-refractivity contribution < 1.29 is 4.52 Å². The molecule has 66 valence electrons. The third-order valence-corrected chi connectivity index (χ3v) is 1.62. The molecule has 2 aromatic rings. The summed E-state index contributed by atoms with van der Waals surface area (Å²) < 4.78 is 4.94. The molecule has 0 unspecified atom stereocenters. The van der Waals surface area contributed by atoms with Crippen LogP contribution in [0.4, 0.5) is 0 Å². The summed E-state index contributed by atoms with van der Waals surface area (Å²) >= 11 is 0. The molecule has 2 rings (SSSR count). The predicted molar refractivity (Wildman–Crippen MR) is 45.4 cm³/mol. The second-order valence-electron chi connectivity index (χ2n) is 2.51. The van der Waals surface area contributed by atoms with Gasteiger partial charge in [0.2, 0.25) is 0 Å². The van der Waals surface area contributed by atoms with Gasteiger partial charge in [-0.05, 0) is 0 Å². The summed E-state index contributed by atoms with van der Waals surface area (Å²) in [5.74, 6) is 0.652. The van der Waals surface area contributed by atoms with E-state index < -0.39 is 0 Å². The van der Waals surface area contributed by atoms with Crippen molar-refractivity contribution in [2.24, 2.45) is 5.73 Å². The van der Waals surface area contributed by atoms with Crippen LogP contribution in [0.2, 0.25) is 0 Å². The Hall–Kier alpha value is -1.75. The second kappa shape index (κ2) is 3.32. The Labute approximate surface area is 74.6 Å². The van der Waals surface area contributed by atoms with Crippen LogP contribution in [-0.4, -0.2) is 15.1 Å². The molecular weight excluding hydrogens is 168 g/mol. The van der Waals surface area contributed by atoms with Crippen molar-refractivity contribution in [1.29, 1.82) is 0 Å². The Morgan fingerprint density at radius 3 is 2.69 bits per heavy atom. The molecule has 2 N–H and O–H groups in total. The van der Waals surface area contributed by atoms with E-state index in [0.717, 1.165) is 5.56 Å². The van der Waals surface area contributed by atoms with Gasteiger partial charge in [-0.1, -0.05) is 5.16 Å². The van der Waals surface area contributed by atoms with Crippen molar-refractivity contribution in [3.8, 4) is 11.3 Å².